The molecular formula is C16H15N3. The number of fused-ring (bicyclic) bond motifs is 1. The van der Waals surface area contributed by atoms with Gasteiger partial charge in [-0.3, -0.25) is 4.98 Å². The maximum Gasteiger partial charge on any atom is 0.0703 e. The third kappa shape index (κ3) is 2.22. The molecule has 0 aliphatic carbocycles. The molecule has 0 spiro atoms. The van der Waals surface area contributed by atoms with E-state index in [0.29, 0.717) is 0 Å². The number of nitrogens with one attached hydrogen (secondary N) is 1. The Balaban J connectivity index is 2.01. The minimum atomic E-state index is 0.756. The second-order valence-electron chi connectivity index (χ2n) is 4.58. The van der Waals surface area contributed by atoms with Crippen molar-refractivity contribution in [3.05, 3.63) is 60.3 Å². The number of rotatable bonds is 2. The van der Waals surface area contributed by atoms with E-state index < -0.39 is 0 Å². The van der Waals surface area contributed by atoms with Crippen LogP contribution < -0.4 is 11.1 Å². The summed E-state index contributed by atoms with van der Waals surface area (Å²) in [6, 6.07) is 16.0. The Labute approximate surface area is 112 Å². The van der Waals surface area contributed by atoms with E-state index in [1.807, 2.05) is 43.3 Å². The number of hydrogen-bond acceptors (Lipinski definition) is 3. The van der Waals surface area contributed by atoms with Crippen LogP contribution in [0.3, 0.4) is 0 Å². The highest BCUT2D eigenvalue weighted by atomic mass is 14.9. The summed E-state index contributed by atoms with van der Waals surface area (Å²) in [7, 11) is 0. The lowest BCUT2D eigenvalue weighted by Crippen LogP contribution is -1.98. The van der Waals surface area contributed by atoms with Gasteiger partial charge in [-0.2, -0.15) is 0 Å². The fourth-order valence-corrected chi connectivity index (χ4v) is 2.16. The van der Waals surface area contributed by atoms with E-state index in [-0.39, 0.29) is 0 Å². The van der Waals surface area contributed by atoms with Crippen molar-refractivity contribution in [3.8, 4) is 0 Å². The number of pyridine rings is 1. The molecule has 0 radical (unpaired) electrons. The lowest BCUT2D eigenvalue weighted by Gasteiger charge is -2.12. The summed E-state index contributed by atoms with van der Waals surface area (Å²) in [4.78, 5) is 4.31. The van der Waals surface area contributed by atoms with E-state index in [1.54, 1.807) is 6.20 Å². The summed E-state index contributed by atoms with van der Waals surface area (Å²) in [6.45, 7) is 2.04. The Morgan fingerprint density at radius 2 is 1.95 bits per heavy atom. The van der Waals surface area contributed by atoms with Gasteiger partial charge in [0.05, 0.1) is 16.9 Å². The molecule has 0 saturated heterocycles. The van der Waals surface area contributed by atoms with Crippen LogP contribution >= 0.6 is 0 Å². The van der Waals surface area contributed by atoms with Gasteiger partial charge < -0.3 is 11.1 Å². The van der Waals surface area contributed by atoms with Gasteiger partial charge in [0.2, 0.25) is 0 Å². The number of anilines is 3. The zero-order chi connectivity index (χ0) is 13.2. The second-order valence-corrected chi connectivity index (χ2v) is 4.58. The molecule has 1 heterocycles. The Morgan fingerprint density at radius 1 is 1.05 bits per heavy atom. The standard InChI is InChI=1S/C16H15N3/c1-11-4-2-6-14(17)16(11)19-13-7-8-15-12(10-13)5-3-9-18-15/h2-10,19H,17H2,1H3. The van der Waals surface area contributed by atoms with Gasteiger partial charge in [0.25, 0.3) is 0 Å². The number of nitrogen functional groups attached to an aromatic ring is 1. The van der Waals surface area contributed by atoms with Crippen LogP contribution in [0, 0.1) is 6.92 Å². The van der Waals surface area contributed by atoms with Crippen LogP contribution in [0.15, 0.2) is 54.7 Å². The van der Waals surface area contributed by atoms with Crippen molar-refractivity contribution in [2.75, 3.05) is 11.1 Å². The molecule has 0 saturated carbocycles. The Morgan fingerprint density at radius 3 is 2.79 bits per heavy atom. The van der Waals surface area contributed by atoms with Gasteiger partial charge in [0.1, 0.15) is 0 Å². The lowest BCUT2D eigenvalue weighted by atomic mass is 10.1. The molecule has 0 bridgehead atoms. The number of aromatic nitrogens is 1. The van der Waals surface area contributed by atoms with Gasteiger partial charge in [-0.05, 0) is 42.8 Å². The molecule has 3 aromatic rings. The summed E-state index contributed by atoms with van der Waals surface area (Å²) in [5.41, 5.74) is 10.9. The zero-order valence-electron chi connectivity index (χ0n) is 10.7. The first kappa shape index (κ1) is 11.5. The van der Waals surface area contributed by atoms with E-state index >= 15 is 0 Å². The van der Waals surface area contributed by atoms with Crippen LogP contribution in [-0.4, -0.2) is 4.98 Å². The van der Waals surface area contributed by atoms with Crippen molar-refractivity contribution in [1.29, 1.82) is 0 Å². The third-order valence-corrected chi connectivity index (χ3v) is 3.18. The Hall–Kier alpha value is -2.55. The van der Waals surface area contributed by atoms with Crippen molar-refractivity contribution in [3.63, 3.8) is 0 Å². The van der Waals surface area contributed by atoms with Crippen LogP contribution in [0.4, 0.5) is 17.1 Å². The molecule has 0 unspecified atom stereocenters. The monoisotopic (exact) mass is 249 g/mol. The van der Waals surface area contributed by atoms with Gasteiger partial charge in [0.15, 0.2) is 0 Å². The quantitative estimate of drug-likeness (QED) is 0.678. The van der Waals surface area contributed by atoms with Crippen LogP contribution in [0.5, 0.6) is 0 Å². The predicted molar refractivity (Wildman–Crippen MR) is 80.6 cm³/mol. The van der Waals surface area contributed by atoms with Crippen molar-refractivity contribution in [2.45, 2.75) is 6.92 Å². The van der Waals surface area contributed by atoms with Crippen molar-refractivity contribution < 1.29 is 0 Å². The Bertz CT molecular complexity index is 715. The molecule has 3 heteroatoms. The largest absolute Gasteiger partial charge is 0.397 e. The van der Waals surface area contributed by atoms with E-state index in [9.17, 15) is 0 Å². The summed E-state index contributed by atoms with van der Waals surface area (Å²) in [6.07, 6.45) is 1.80. The highest BCUT2D eigenvalue weighted by Gasteiger charge is 2.03. The smallest absolute Gasteiger partial charge is 0.0703 e. The summed E-state index contributed by atoms with van der Waals surface area (Å²) >= 11 is 0. The summed E-state index contributed by atoms with van der Waals surface area (Å²) < 4.78 is 0. The molecule has 0 fully saturated rings. The SMILES string of the molecule is Cc1cccc(N)c1Nc1ccc2ncccc2c1. The molecule has 3 nitrogen and oxygen atoms in total. The van der Waals surface area contributed by atoms with Crippen molar-refractivity contribution in [1.82, 2.24) is 4.98 Å². The van der Waals surface area contributed by atoms with Crippen molar-refractivity contribution >= 4 is 28.0 Å². The number of nitrogens with two attached hydrogens (primary N) is 1. The molecule has 2 aromatic carbocycles. The molecule has 94 valence electrons. The number of aryl methyl sites for hydroxylation is 1. The molecule has 0 atom stereocenters. The molecule has 1 aromatic heterocycles. The fourth-order valence-electron chi connectivity index (χ4n) is 2.16. The first-order chi connectivity index (χ1) is 9.24. The molecule has 19 heavy (non-hydrogen) atoms. The first-order valence-electron chi connectivity index (χ1n) is 6.21. The third-order valence-electron chi connectivity index (χ3n) is 3.18. The number of nitrogens with zero attached hydrogens (tertiary/aromatic N) is 1. The zero-order valence-corrected chi connectivity index (χ0v) is 10.7. The van der Waals surface area contributed by atoms with E-state index in [2.05, 4.69) is 22.4 Å². The van der Waals surface area contributed by atoms with Crippen LogP contribution in [0.1, 0.15) is 5.56 Å². The minimum absolute atomic E-state index is 0.756. The van der Waals surface area contributed by atoms with Crippen LogP contribution in [-0.2, 0) is 0 Å². The van der Waals surface area contributed by atoms with E-state index in [1.165, 1.54) is 0 Å². The van der Waals surface area contributed by atoms with Gasteiger partial charge in [-0.15, -0.1) is 0 Å². The van der Waals surface area contributed by atoms with Crippen LogP contribution in [0.2, 0.25) is 0 Å². The van der Waals surface area contributed by atoms with E-state index in [4.69, 9.17) is 5.73 Å². The Kier molecular flexibility index (Phi) is 2.80. The van der Waals surface area contributed by atoms with Gasteiger partial charge >= 0.3 is 0 Å². The molecule has 0 aliphatic heterocycles. The van der Waals surface area contributed by atoms with Crippen molar-refractivity contribution in [2.24, 2.45) is 0 Å². The maximum absolute atomic E-state index is 6.01. The van der Waals surface area contributed by atoms with E-state index in [0.717, 1.165) is 33.5 Å². The predicted octanol–water partition coefficient (Wildman–Crippen LogP) is 3.87. The lowest BCUT2D eigenvalue weighted by molar-refractivity contribution is 1.40. The molecular weight excluding hydrogens is 234 g/mol. The van der Waals surface area contributed by atoms with Gasteiger partial charge in [0, 0.05) is 17.3 Å². The summed E-state index contributed by atoms with van der Waals surface area (Å²) in [5, 5.41) is 4.49. The minimum Gasteiger partial charge on any atom is -0.397 e. The highest BCUT2D eigenvalue weighted by molar-refractivity contribution is 5.85. The normalized spacial score (nSPS) is 10.6. The highest BCUT2D eigenvalue weighted by Crippen LogP contribution is 2.27. The average molecular weight is 249 g/mol. The fraction of sp³-hybridized carbons (Fsp3) is 0.0625. The summed E-state index contributed by atoms with van der Waals surface area (Å²) in [5.74, 6) is 0. The van der Waals surface area contributed by atoms with Gasteiger partial charge in [-0.1, -0.05) is 18.2 Å². The topological polar surface area (TPSA) is 50.9 Å². The number of para-hydroxylation sites is 1. The number of hydrogen-bond donors (Lipinski definition) is 2. The molecule has 0 amide bonds. The molecule has 3 rings (SSSR count). The van der Waals surface area contributed by atoms with Gasteiger partial charge in [-0.25, -0.2) is 0 Å². The molecule has 3 N–H and O–H groups in total. The second kappa shape index (κ2) is 4.61. The van der Waals surface area contributed by atoms with Crippen LogP contribution in [0.25, 0.3) is 10.9 Å². The molecule has 0 aliphatic rings. The maximum atomic E-state index is 6.01. The average Bonchev–Trinajstić information content (AvgIpc) is 2.43. The first-order valence-corrected chi connectivity index (χ1v) is 6.21. The number of benzene rings is 2.